The molecule has 1 N–H and O–H groups in total. The molecule has 1 aromatic carbocycles. The third-order valence-electron chi connectivity index (χ3n) is 3.06. The molecule has 0 aliphatic rings. The number of carbonyl (C=O) groups is 1. The topological polar surface area (TPSA) is 40.5 Å². The van der Waals surface area contributed by atoms with Crippen molar-refractivity contribution < 1.29 is 14.3 Å². The molecule has 0 radical (unpaired) electrons. The van der Waals surface area contributed by atoms with Crippen molar-refractivity contribution in [2.45, 2.75) is 19.8 Å². The molecule has 0 aliphatic carbocycles. The number of halogens is 1. The highest BCUT2D eigenvalue weighted by Crippen LogP contribution is 2.06. The van der Waals surface area contributed by atoms with Gasteiger partial charge in [0.1, 0.15) is 5.82 Å². The summed E-state index contributed by atoms with van der Waals surface area (Å²) < 4.78 is 12.7. The lowest BCUT2D eigenvalue weighted by atomic mass is 10.1. The fourth-order valence-electron chi connectivity index (χ4n) is 1.62. The number of carboxylic acids is 1. The van der Waals surface area contributed by atoms with E-state index in [2.05, 4.69) is 4.90 Å². The molecule has 0 fully saturated rings. The summed E-state index contributed by atoms with van der Waals surface area (Å²) in [5.74, 6) is -1.28. The van der Waals surface area contributed by atoms with E-state index in [0.717, 1.165) is 25.1 Å². The maximum atomic E-state index is 12.7. The lowest BCUT2D eigenvalue weighted by Gasteiger charge is -2.17. The van der Waals surface area contributed by atoms with Gasteiger partial charge in [-0.05, 0) is 44.1 Å². The molecule has 0 aliphatic heterocycles. The highest BCUT2D eigenvalue weighted by atomic mass is 19.1. The van der Waals surface area contributed by atoms with E-state index in [9.17, 15) is 9.18 Å². The summed E-state index contributed by atoms with van der Waals surface area (Å²) in [7, 11) is 1.97. The lowest BCUT2D eigenvalue weighted by molar-refractivity contribution is -0.141. The summed E-state index contributed by atoms with van der Waals surface area (Å²) in [6.07, 6.45) is 1.49. The van der Waals surface area contributed by atoms with E-state index in [0.29, 0.717) is 6.42 Å². The average Bonchev–Trinajstić information content (AvgIpc) is 2.35. The van der Waals surface area contributed by atoms with Gasteiger partial charge in [0, 0.05) is 6.54 Å². The highest BCUT2D eigenvalue weighted by molar-refractivity contribution is 5.69. The molecule has 4 heteroatoms. The molecule has 0 aromatic heterocycles. The Hall–Kier alpha value is -1.42. The van der Waals surface area contributed by atoms with Crippen LogP contribution in [0, 0.1) is 11.7 Å². The van der Waals surface area contributed by atoms with E-state index in [4.69, 9.17) is 5.11 Å². The van der Waals surface area contributed by atoms with Crippen molar-refractivity contribution in [3.63, 3.8) is 0 Å². The van der Waals surface area contributed by atoms with Crippen molar-refractivity contribution in [1.82, 2.24) is 4.90 Å². The van der Waals surface area contributed by atoms with Crippen molar-refractivity contribution in [3.05, 3.63) is 35.6 Å². The zero-order chi connectivity index (χ0) is 13.5. The van der Waals surface area contributed by atoms with Gasteiger partial charge in [-0.2, -0.15) is 0 Å². The van der Waals surface area contributed by atoms with Crippen LogP contribution in [0.4, 0.5) is 4.39 Å². The van der Waals surface area contributed by atoms with Crippen molar-refractivity contribution in [3.8, 4) is 0 Å². The number of likely N-dealkylation sites (N-methyl/N-ethyl adjacent to an activating group) is 1. The van der Waals surface area contributed by atoms with Crippen LogP contribution >= 0.6 is 0 Å². The summed E-state index contributed by atoms with van der Waals surface area (Å²) in [5.41, 5.74) is 1.09. The summed E-state index contributed by atoms with van der Waals surface area (Å²) >= 11 is 0. The van der Waals surface area contributed by atoms with E-state index in [-0.39, 0.29) is 11.7 Å². The number of hydrogen-bond acceptors (Lipinski definition) is 2. The van der Waals surface area contributed by atoms with Gasteiger partial charge in [0.05, 0.1) is 5.92 Å². The van der Waals surface area contributed by atoms with Gasteiger partial charge in [-0.1, -0.05) is 19.1 Å². The first kappa shape index (κ1) is 14.6. The van der Waals surface area contributed by atoms with E-state index >= 15 is 0 Å². The first-order valence-electron chi connectivity index (χ1n) is 6.15. The van der Waals surface area contributed by atoms with Gasteiger partial charge in [-0.3, -0.25) is 4.79 Å². The highest BCUT2D eigenvalue weighted by Gasteiger charge is 2.11. The number of aliphatic carboxylic acids is 1. The van der Waals surface area contributed by atoms with E-state index in [1.165, 1.54) is 12.1 Å². The van der Waals surface area contributed by atoms with Gasteiger partial charge in [-0.15, -0.1) is 0 Å². The third kappa shape index (κ3) is 5.27. The number of hydrogen-bond donors (Lipinski definition) is 1. The van der Waals surface area contributed by atoms with Gasteiger partial charge in [0.25, 0.3) is 0 Å². The van der Waals surface area contributed by atoms with E-state index in [1.807, 2.05) is 7.05 Å². The van der Waals surface area contributed by atoms with Crippen LogP contribution in [0.1, 0.15) is 18.9 Å². The lowest BCUT2D eigenvalue weighted by Crippen LogP contribution is -2.25. The molecule has 0 saturated heterocycles. The molecule has 0 bridgehead atoms. The minimum Gasteiger partial charge on any atom is -0.481 e. The number of nitrogens with zero attached hydrogens (tertiary/aromatic N) is 1. The first-order valence-corrected chi connectivity index (χ1v) is 6.15. The molecule has 1 atom stereocenters. The maximum Gasteiger partial charge on any atom is 0.306 e. The Kier molecular flexibility index (Phi) is 5.78. The van der Waals surface area contributed by atoms with Crippen LogP contribution in [-0.4, -0.2) is 36.1 Å². The summed E-state index contributed by atoms with van der Waals surface area (Å²) in [4.78, 5) is 12.8. The largest absolute Gasteiger partial charge is 0.481 e. The Morgan fingerprint density at radius 2 is 1.94 bits per heavy atom. The second-order valence-corrected chi connectivity index (χ2v) is 4.71. The Morgan fingerprint density at radius 1 is 1.33 bits per heavy atom. The Bertz CT molecular complexity index is 378. The number of rotatable bonds is 7. The minimum absolute atomic E-state index is 0.220. The van der Waals surface area contributed by atoms with Gasteiger partial charge < -0.3 is 10.0 Å². The third-order valence-corrected chi connectivity index (χ3v) is 3.06. The van der Waals surface area contributed by atoms with Crippen LogP contribution < -0.4 is 0 Å². The second kappa shape index (κ2) is 7.11. The molecule has 0 spiro atoms. The molecule has 0 amide bonds. The molecule has 0 heterocycles. The van der Waals surface area contributed by atoms with Crippen LogP contribution in [0.25, 0.3) is 0 Å². The summed E-state index contributed by atoms with van der Waals surface area (Å²) in [5, 5.41) is 8.77. The first-order chi connectivity index (χ1) is 8.49. The Morgan fingerprint density at radius 3 is 2.50 bits per heavy atom. The molecule has 0 saturated carbocycles. The Balaban J connectivity index is 2.26. The molecule has 100 valence electrons. The van der Waals surface area contributed by atoms with Crippen LogP contribution in [0.5, 0.6) is 0 Å². The monoisotopic (exact) mass is 253 g/mol. The molecular formula is C14H20FNO2. The predicted molar refractivity (Wildman–Crippen MR) is 69.0 cm³/mol. The molecule has 1 rings (SSSR count). The van der Waals surface area contributed by atoms with Crippen LogP contribution in [0.15, 0.2) is 24.3 Å². The second-order valence-electron chi connectivity index (χ2n) is 4.71. The van der Waals surface area contributed by atoms with Crippen molar-refractivity contribution in [2.24, 2.45) is 5.92 Å². The van der Waals surface area contributed by atoms with Crippen molar-refractivity contribution in [2.75, 3.05) is 20.1 Å². The number of benzene rings is 1. The average molecular weight is 253 g/mol. The van der Waals surface area contributed by atoms with Crippen LogP contribution in [-0.2, 0) is 11.2 Å². The van der Waals surface area contributed by atoms with Crippen molar-refractivity contribution >= 4 is 5.97 Å². The fourth-order valence-corrected chi connectivity index (χ4v) is 1.62. The molecule has 1 unspecified atom stereocenters. The van der Waals surface area contributed by atoms with Crippen LogP contribution in [0.2, 0.25) is 0 Å². The predicted octanol–water partition coefficient (Wildman–Crippen LogP) is 2.41. The van der Waals surface area contributed by atoms with Gasteiger partial charge in [0.15, 0.2) is 0 Å². The van der Waals surface area contributed by atoms with E-state index < -0.39 is 5.97 Å². The minimum atomic E-state index is -0.748. The maximum absolute atomic E-state index is 12.7. The molecular weight excluding hydrogens is 233 g/mol. The van der Waals surface area contributed by atoms with Crippen molar-refractivity contribution in [1.29, 1.82) is 0 Å². The summed E-state index contributed by atoms with van der Waals surface area (Å²) in [6, 6.07) is 6.48. The quantitative estimate of drug-likeness (QED) is 0.811. The zero-order valence-corrected chi connectivity index (χ0v) is 10.9. The van der Waals surface area contributed by atoms with Gasteiger partial charge in [0.2, 0.25) is 0 Å². The van der Waals surface area contributed by atoms with Gasteiger partial charge in [-0.25, -0.2) is 4.39 Å². The normalized spacial score (nSPS) is 12.7. The fraction of sp³-hybridized carbons (Fsp3) is 0.500. The Labute approximate surface area is 107 Å². The SMILES string of the molecule is CC(CCN(C)CCc1ccc(F)cc1)C(=O)O. The smallest absolute Gasteiger partial charge is 0.306 e. The van der Waals surface area contributed by atoms with E-state index in [1.54, 1.807) is 19.1 Å². The summed E-state index contributed by atoms with van der Waals surface area (Å²) in [6.45, 7) is 3.32. The zero-order valence-electron chi connectivity index (χ0n) is 10.9. The molecule has 3 nitrogen and oxygen atoms in total. The van der Waals surface area contributed by atoms with Crippen LogP contribution in [0.3, 0.4) is 0 Å². The molecule has 1 aromatic rings. The van der Waals surface area contributed by atoms with Gasteiger partial charge >= 0.3 is 5.97 Å². The number of carboxylic acid groups (broad SMARTS) is 1. The standard InChI is InChI=1S/C14H20FNO2/c1-11(14(17)18)7-9-16(2)10-8-12-3-5-13(15)6-4-12/h3-6,11H,7-10H2,1-2H3,(H,17,18). The molecule has 18 heavy (non-hydrogen) atoms.